The fraction of sp³-hybridized carbons (Fsp3) is 0.400. The first kappa shape index (κ1) is 19.7. The molecule has 0 saturated carbocycles. The van der Waals surface area contributed by atoms with E-state index in [1.807, 2.05) is 30.3 Å². The van der Waals surface area contributed by atoms with Crippen LogP contribution in [0.15, 0.2) is 36.4 Å². The Morgan fingerprint density at radius 3 is 2.42 bits per heavy atom. The van der Waals surface area contributed by atoms with Gasteiger partial charge in [-0.2, -0.15) is 0 Å². The number of likely N-dealkylation sites (N-methyl/N-ethyl adjacent to an activating group) is 2. The number of benzene rings is 2. The molecule has 0 radical (unpaired) electrons. The largest absolute Gasteiger partial charge is 0.497 e. The van der Waals surface area contributed by atoms with E-state index >= 15 is 0 Å². The van der Waals surface area contributed by atoms with E-state index in [2.05, 4.69) is 6.07 Å². The van der Waals surface area contributed by atoms with Crippen molar-refractivity contribution in [1.29, 1.82) is 0 Å². The molecular formula is C20H26N2O4. The van der Waals surface area contributed by atoms with Crippen molar-refractivity contribution in [3.63, 3.8) is 0 Å². The Labute approximate surface area is 154 Å². The summed E-state index contributed by atoms with van der Waals surface area (Å²) in [5, 5.41) is 11.0. The molecule has 0 aliphatic carbocycles. The predicted molar refractivity (Wildman–Crippen MR) is 101 cm³/mol. The van der Waals surface area contributed by atoms with Gasteiger partial charge in [-0.25, -0.2) is 0 Å². The van der Waals surface area contributed by atoms with Crippen molar-refractivity contribution >= 4 is 22.6 Å². The van der Waals surface area contributed by atoms with Crippen molar-refractivity contribution < 1.29 is 19.4 Å². The van der Waals surface area contributed by atoms with Crippen LogP contribution in [-0.2, 0) is 16.1 Å². The molecule has 0 bridgehead atoms. The topological polar surface area (TPSA) is 70.1 Å². The first-order valence-corrected chi connectivity index (χ1v) is 8.55. The number of hydrogen-bond donors (Lipinski definition) is 1. The number of carbonyl (C=O) groups is 2. The van der Waals surface area contributed by atoms with Crippen LogP contribution in [0, 0.1) is 0 Å². The number of amides is 1. The number of ether oxygens (including phenoxy) is 1. The number of methoxy groups -OCH3 is 1. The highest BCUT2D eigenvalue weighted by Crippen LogP contribution is 2.22. The van der Waals surface area contributed by atoms with Crippen LogP contribution in [0.2, 0.25) is 0 Å². The molecule has 1 amide bonds. The summed E-state index contributed by atoms with van der Waals surface area (Å²) in [7, 11) is 5.18. The number of fused-ring (bicyclic) bond motifs is 1. The van der Waals surface area contributed by atoms with Crippen molar-refractivity contribution in [2.24, 2.45) is 0 Å². The second-order valence-corrected chi connectivity index (χ2v) is 6.54. The number of carboxylic acid groups (broad SMARTS) is 1. The lowest BCUT2D eigenvalue weighted by atomic mass is 10.1. The molecule has 0 saturated heterocycles. The van der Waals surface area contributed by atoms with Crippen LogP contribution in [0.25, 0.3) is 10.8 Å². The molecule has 2 rings (SSSR count). The lowest BCUT2D eigenvalue weighted by Crippen LogP contribution is -2.44. The van der Waals surface area contributed by atoms with Crippen molar-refractivity contribution in [3.8, 4) is 5.75 Å². The molecule has 140 valence electrons. The molecule has 1 N–H and O–H groups in total. The van der Waals surface area contributed by atoms with Crippen molar-refractivity contribution in [2.75, 3.05) is 27.7 Å². The van der Waals surface area contributed by atoms with E-state index in [1.54, 1.807) is 37.9 Å². The Bertz CT molecular complexity index is 790. The molecule has 1 atom stereocenters. The van der Waals surface area contributed by atoms with E-state index in [-0.39, 0.29) is 18.4 Å². The first-order valence-electron chi connectivity index (χ1n) is 8.55. The lowest BCUT2D eigenvalue weighted by Gasteiger charge is -2.28. The van der Waals surface area contributed by atoms with Crippen LogP contribution >= 0.6 is 0 Å². The van der Waals surface area contributed by atoms with Crippen LogP contribution in [0.5, 0.6) is 5.75 Å². The Balaban J connectivity index is 2.03. The quantitative estimate of drug-likeness (QED) is 0.785. The van der Waals surface area contributed by atoms with Gasteiger partial charge in [-0.05, 0) is 48.5 Å². The number of carbonyl (C=O) groups excluding carboxylic acids is 1. The maximum Gasteiger partial charge on any atom is 0.304 e. The van der Waals surface area contributed by atoms with Gasteiger partial charge in [0.2, 0.25) is 5.91 Å². The molecule has 1 unspecified atom stereocenters. The molecule has 6 heteroatoms. The summed E-state index contributed by atoms with van der Waals surface area (Å²) in [6, 6.07) is 11.6. The summed E-state index contributed by atoms with van der Waals surface area (Å²) in [4.78, 5) is 26.7. The third kappa shape index (κ3) is 4.95. The molecule has 6 nitrogen and oxygen atoms in total. The van der Waals surface area contributed by atoms with Gasteiger partial charge in [-0.1, -0.05) is 18.2 Å². The predicted octanol–water partition coefficient (Wildman–Crippen LogP) is 2.60. The van der Waals surface area contributed by atoms with Crippen LogP contribution in [0.1, 0.15) is 18.9 Å². The first-order chi connectivity index (χ1) is 12.3. The van der Waals surface area contributed by atoms with Crippen LogP contribution in [0.3, 0.4) is 0 Å². The summed E-state index contributed by atoms with van der Waals surface area (Å²) in [5.74, 6) is -0.0823. The maximum absolute atomic E-state index is 12.6. The molecule has 0 heterocycles. The third-order valence-corrected chi connectivity index (χ3v) is 4.60. The van der Waals surface area contributed by atoms with Gasteiger partial charge in [0.1, 0.15) is 5.75 Å². The van der Waals surface area contributed by atoms with Gasteiger partial charge >= 0.3 is 5.97 Å². The van der Waals surface area contributed by atoms with Crippen LogP contribution < -0.4 is 4.74 Å². The highest BCUT2D eigenvalue weighted by atomic mass is 16.5. The fourth-order valence-corrected chi connectivity index (χ4v) is 2.82. The number of hydrogen-bond acceptors (Lipinski definition) is 4. The van der Waals surface area contributed by atoms with Gasteiger partial charge < -0.3 is 14.7 Å². The second-order valence-electron chi connectivity index (χ2n) is 6.54. The Morgan fingerprint density at radius 2 is 1.77 bits per heavy atom. The third-order valence-electron chi connectivity index (χ3n) is 4.60. The average molecular weight is 358 g/mol. The van der Waals surface area contributed by atoms with Gasteiger partial charge in [0, 0.05) is 20.1 Å². The van der Waals surface area contributed by atoms with Gasteiger partial charge in [-0.15, -0.1) is 0 Å². The summed E-state index contributed by atoms with van der Waals surface area (Å²) in [6.07, 6.45) is 0.0198. The summed E-state index contributed by atoms with van der Waals surface area (Å²) >= 11 is 0. The smallest absolute Gasteiger partial charge is 0.304 e. The monoisotopic (exact) mass is 358 g/mol. The van der Waals surface area contributed by atoms with E-state index < -0.39 is 5.97 Å². The number of nitrogens with zero attached hydrogens (tertiary/aromatic N) is 2. The highest BCUT2D eigenvalue weighted by molar-refractivity contribution is 5.85. The van der Waals surface area contributed by atoms with E-state index in [4.69, 9.17) is 9.84 Å². The van der Waals surface area contributed by atoms with E-state index in [1.165, 1.54) is 0 Å². The zero-order chi connectivity index (χ0) is 19.3. The summed E-state index contributed by atoms with van der Waals surface area (Å²) < 4.78 is 5.24. The molecule has 0 aliphatic heterocycles. The molecule has 26 heavy (non-hydrogen) atoms. The van der Waals surface area contributed by atoms with E-state index in [0.29, 0.717) is 13.1 Å². The van der Waals surface area contributed by atoms with Gasteiger partial charge in [0.05, 0.1) is 19.6 Å². The minimum Gasteiger partial charge on any atom is -0.497 e. The lowest BCUT2D eigenvalue weighted by molar-refractivity contribution is -0.139. The molecule has 0 aromatic heterocycles. The van der Waals surface area contributed by atoms with Crippen molar-refractivity contribution in [3.05, 3.63) is 42.0 Å². The Morgan fingerprint density at radius 1 is 1.12 bits per heavy atom. The second kappa shape index (κ2) is 8.67. The van der Waals surface area contributed by atoms with E-state index in [9.17, 15) is 9.59 Å². The summed E-state index contributed by atoms with van der Waals surface area (Å²) in [6.45, 7) is 2.64. The normalized spacial score (nSPS) is 12.2. The highest BCUT2D eigenvalue weighted by Gasteiger charge is 2.22. The number of aliphatic carboxylic acids is 1. The van der Waals surface area contributed by atoms with Crippen molar-refractivity contribution in [2.45, 2.75) is 25.9 Å². The SMILES string of the molecule is COc1ccc2cc(CN(C)C(=O)C(C)N(C)CCC(=O)O)ccc2c1. The van der Waals surface area contributed by atoms with E-state index in [0.717, 1.165) is 22.1 Å². The number of carboxylic acids is 1. The fourth-order valence-electron chi connectivity index (χ4n) is 2.82. The van der Waals surface area contributed by atoms with Crippen molar-refractivity contribution in [1.82, 2.24) is 9.80 Å². The van der Waals surface area contributed by atoms with Gasteiger partial charge in [0.25, 0.3) is 0 Å². The molecule has 0 fully saturated rings. The minimum atomic E-state index is -0.863. The average Bonchev–Trinajstić information content (AvgIpc) is 2.64. The maximum atomic E-state index is 12.6. The number of rotatable bonds is 8. The molecule has 0 aliphatic rings. The zero-order valence-corrected chi connectivity index (χ0v) is 15.7. The van der Waals surface area contributed by atoms with Gasteiger partial charge in [-0.3, -0.25) is 14.5 Å². The molecule has 2 aromatic carbocycles. The molecule has 0 spiro atoms. The van der Waals surface area contributed by atoms with Crippen LogP contribution in [-0.4, -0.2) is 60.6 Å². The molecule has 2 aromatic rings. The summed E-state index contributed by atoms with van der Waals surface area (Å²) in [5.41, 5.74) is 1.04. The van der Waals surface area contributed by atoms with Crippen LogP contribution in [0.4, 0.5) is 0 Å². The van der Waals surface area contributed by atoms with Gasteiger partial charge in [0.15, 0.2) is 0 Å². The molecular weight excluding hydrogens is 332 g/mol. The standard InChI is InChI=1S/C20H26N2O4/c1-14(21(2)10-9-19(23)24)20(25)22(3)13-15-5-6-17-12-18(26-4)8-7-16(17)11-15/h5-8,11-12,14H,9-10,13H2,1-4H3,(H,23,24). The Kier molecular flexibility index (Phi) is 6.58. The Hall–Kier alpha value is -2.60. The zero-order valence-electron chi connectivity index (χ0n) is 15.7. The minimum absolute atomic E-state index is 0.0198.